The highest BCUT2D eigenvalue weighted by atomic mass is 16.5. The minimum atomic E-state index is 0.548. The van der Waals surface area contributed by atoms with Crippen molar-refractivity contribution in [3.05, 3.63) is 41.6 Å². The van der Waals surface area contributed by atoms with Crippen LogP contribution in [0.4, 0.5) is 5.82 Å². The summed E-state index contributed by atoms with van der Waals surface area (Å²) in [6.45, 7) is 2.68. The fourth-order valence-electron chi connectivity index (χ4n) is 1.71. The van der Waals surface area contributed by atoms with Gasteiger partial charge in [-0.05, 0) is 37.5 Å². The molecule has 4 nitrogen and oxygen atoms in total. The highest BCUT2D eigenvalue weighted by molar-refractivity contribution is 5.30. The number of rotatable bonds is 5. The van der Waals surface area contributed by atoms with E-state index in [9.17, 15) is 0 Å². The number of ether oxygens (including phenoxy) is 1. The van der Waals surface area contributed by atoms with Gasteiger partial charge in [-0.15, -0.1) is 0 Å². The van der Waals surface area contributed by atoms with Gasteiger partial charge in [0, 0.05) is 11.8 Å². The first-order valence-electron chi connectivity index (χ1n) is 5.79. The number of hydrogen-bond acceptors (Lipinski definition) is 3. The van der Waals surface area contributed by atoms with Crippen LogP contribution in [0.2, 0.25) is 0 Å². The minimum absolute atomic E-state index is 0.548. The van der Waals surface area contributed by atoms with E-state index in [2.05, 4.69) is 22.3 Å². The molecule has 90 valence electrons. The molecule has 1 aromatic heterocycles. The Balaban J connectivity index is 1.90. The molecule has 0 spiro atoms. The van der Waals surface area contributed by atoms with E-state index >= 15 is 0 Å². The Hall–Kier alpha value is -1.97. The van der Waals surface area contributed by atoms with Gasteiger partial charge < -0.3 is 10.5 Å². The van der Waals surface area contributed by atoms with Crippen LogP contribution in [-0.2, 0) is 12.8 Å². The van der Waals surface area contributed by atoms with Gasteiger partial charge >= 0.3 is 0 Å². The van der Waals surface area contributed by atoms with Crippen LogP contribution in [0.1, 0.15) is 18.2 Å². The quantitative estimate of drug-likeness (QED) is 0.829. The monoisotopic (exact) mass is 231 g/mol. The zero-order chi connectivity index (χ0) is 12.1. The summed E-state index contributed by atoms with van der Waals surface area (Å²) in [4.78, 5) is 0. The molecule has 0 atom stereocenters. The molecule has 0 unspecified atom stereocenters. The summed E-state index contributed by atoms with van der Waals surface area (Å²) in [5.74, 6) is 1.47. The molecule has 0 radical (unpaired) electrons. The van der Waals surface area contributed by atoms with Gasteiger partial charge in [0.15, 0.2) is 0 Å². The van der Waals surface area contributed by atoms with Crippen LogP contribution in [0.25, 0.3) is 0 Å². The van der Waals surface area contributed by atoms with Crippen molar-refractivity contribution in [3.63, 3.8) is 0 Å². The van der Waals surface area contributed by atoms with Gasteiger partial charge in [-0.2, -0.15) is 5.10 Å². The van der Waals surface area contributed by atoms with E-state index in [1.54, 1.807) is 0 Å². The van der Waals surface area contributed by atoms with Crippen LogP contribution in [-0.4, -0.2) is 16.8 Å². The predicted molar refractivity (Wildman–Crippen MR) is 68.0 cm³/mol. The third kappa shape index (κ3) is 3.24. The van der Waals surface area contributed by atoms with Crippen molar-refractivity contribution in [3.8, 4) is 5.75 Å². The number of H-pyrrole nitrogens is 1. The molecule has 3 N–H and O–H groups in total. The third-order valence-corrected chi connectivity index (χ3v) is 2.57. The normalized spacial score (nSPS) is 10.4. The molecular weight excluding hydrogens is 214 g/mol. The predicted octanol–water partition coefficient (Wildman–Crippen LogP) is 2.18. The smallest absolute Gasteiger partial charge is 0.145 e. The first-order chi connectivity index (χ1) is 8.28. The van der Waals surface area contributed by atoms with E-state index in [-0.39, 0.29) is 0 Å². The SMILES string of the molecule is CCOc1ccc(CCc2cc(N)n[nH]2)cc1. The van der Waals surface area contributed by atoms with Crippen molar-refractivity contribution >= 4 is 5.82 Å². The van der Waals surface area contributed by atoms with Crippen molar-refractivity contribution < 1.29 is 4.74 Å². The van der Waals surface area contributed by atoms with Gasteiger partial charge in [0.1, 0.15) is 11.6 Å². The Morgan fingerprint density at radius 1 is 1.24 bits per heavy atom. The lowest BCUT2D eigenvalue weighted by molar-refractivity contribution is 0.340. The summed E-state index contributed by atoms with van der Waals surface area (Å²) in [7, 11) is 0. The Labute approximate surface area is 101 Å². The average molecular weight is 231 g/mol. The second-order valence-electron chi connectivity index (χ2n) is 3.90. The van der Waals surface area contributed by atoms with Crippen molar-refractivity contribution in [2.45, 2.75) is 19.8 Å². The third-order valence-electron chi connectivity index (χ3n) is 2.57. The highest BCUT2D eigenvalue weighted by Crippen LogP contribution is 2.14. The Bertz CT molecular complexity index is 462. The average Bonchev–Trinajstić information content (AvgIpc) is 2.75. The van der Waals surface area contributed by atoms with Gasteiger partial charge in [-0.3, -0.25) is 5.10 Å². The van der Waals surface area contributed by atoms with E-state index in [4.69, 9.17) is 10.5 Å². The lowest BCUT2D eigenvalue weighted by Gasteiger charge is -2.04. The number of aromatic amines is 1. The molecule has 0 saturated heterocycles. The second-order valence-corrected chi connectivity index (χ2v) is 3.90. The van der Waals surface area contributed by atoms with E-state index in [0.717, 1.165) is 24.3 Å². The van der Waals surface area contributed by atoms with E-state index < -0.39 is 0 Å². The molecule has 0 saturated carbocycles. The summed E-state index contributed by atoms with van der Waals surface area (Å²) in [5, 5.41) is 6.81. The van der Waals surface area contributed by atoms with Crippen LogP contribution >= 0.6 is 0 Å². The first kappa shape index (κ1) is 11.5. The van der Waals surface area contributed by atoms with Crippen LogP contribution < -0.4 is 10.5 Å². The summed E-state index contributed by atoms with van der Waals surface area (Å²) in [6.07, 6.45) is 1.88. The van der Waals surface area contributed by atoms with E-state index in [0.29, 0.717) is 12.4 Å². The molecule has 0 fully saturated rings. The molecule has 1 aromatic carbocycles. The highest BCUT2D eigenvalue weighted by Gasteiger charge is 1.99. The molecule has 17 heavy (non-hydrogen) atoms. The second kappa shape index (κ2) is 5.39. The largest absolute Gasteiger partial charge is 0.494 e. The number of aromatic nitrogens is 2. The van der Waals surface area contributed by atoms with Gasteiger partial charge in [0.2, 0.25) is 0 Å². The fourth-order valence-corrected chi connectivity index (χ4v) is 1.71. The van der Waals surface area contributed by atoms with Gasteiger partial charge in [0.25, 0.3) is 0 Å². The zero-order valence-corrected chi connectivity index (χ0v) is 9.94. The number of nitrogen functional groups attached to an aromatic ring is 1. The van der Waals surface area contributed by atoms with Crippen molar-refractivity contribution in [1.82, 2.24) is 10.2 Å². The molecule has 1 heterocycles. The van der Waals surface area contributed by atoms with Gasteiger partial charge in [-0.1, -0.05) is 12.1 Å². The van der Waals surface area contributed by atoms with E-state index in [1.165, 1.54) is 5.56 Å². The maximum Gasteiger partial charge on any atom is 0.145 e. The lowest BCUT2D eigenvalue weighted by Crippen LogP contribution is -1.94. The van der Waals surface area contributed by atoms with Crippen LogP contribution in [0.15, 0.2) is 30.3 Å². The Kier molecular flexibility index (Phi) is 3.65. The lowest BCUT2D eigenvalue weighted by atomic mass is 10.1. The summed E-state index contributed by atoms with van der Waals surface area (Å²) in [6, 6.07) is 10.0. The molecule has 4 heteroatoms. The maximum atomic E-state index is 5.54. The number of benzene rings is 1. The van der Waals surface area contributed by atoms with Crippen molar-refractivity contribution in [2.75, 3.05) is 12.3 Å². The van der Waals surface area contributed by atoms with Crippen LogP contribution in [0.3, 0.4) is 0 Å². The molecule has 0 aliphatic carbocycles. The molecule has 2 rings (SSSR count). The number of nitrogens with one attached hydrogen (secondary N) is 1. The van der Waals surface area contributed by atoms with Gasteiger partial charge in [-0.25, -0.2) is 0 Å². The molecular formula is C13H17N3O. The number of nitrogens with zero attached hydrogens (tertiary/aromatic N) is 1. The summed E-state index contributed by atoms with van der Waals surface area (Å²) in [5.41, 5.74) is 7.89. The number of anilines is 1. The molecule has 0 aliphatic heterocycles. The van der Waals surface area contributed by atoms with Crippen molar-refractivity contribution in [1.29, 1.82) is 0 Å². The molecule has 0 bridgehead atoms. The Morgan fingerprint density at radius 3 is 2.59 bits per heavy atom. The summed E-state index contributed by atoms with van der Waals surface area (Å²) < 4.78 is 5.39. The van der Waals surface area contributed by atoms with Gasteiger partial charge in [0.05, 0.1) is 6.61 Å². The minimum Gasteiger partial charge on any atom is -0.494 e. The van der Waals surface area contributed by atoms with Crippen LogP contribution in [0.5, 0.6) is 5.75 Å². The molecule has 2 aromatic rings. The van der Waals surface area contributed by atoms with E-state index in [1.807, 2.05) is 25.1 Å². The Morgan fingerprint density at radius 2 is 2.00 bits per heavy atom. The fraction of sp³-hybridized carbons (Fsp3) is 0.308. The first-order valence-corrected chi connectivity index (χ1v) is 5.79. The number of aryl methyl sites for hydroxylation is 2. The maximum absolute atomic E-state index is 5.54. The topological polar surface area (TPSA) is 63.9 Å². The number of hydrogen-bond donors (Lipinski definition) is 2. The molecule has 0 amide bonds. The number of nitrogens with two attached hydrogens (primary N) is 1. The van der Waals surface area contributed by atoms with Crippen molar-refractivity contribution in [2.24, 2.45) is 0 Å². The standard InChI is InChI=1S/C13H17N3O/c1-2-17-12-7-4-10(5-8-12)3-6-11-9-13(14)16-15-11/h4-5,7-9H,2-3,6H2,1H3,(H3,14,15,16). The molecule has 0 aliphatic rings. The summed E-state index contributed by atoms with van der Waals surface area (Å²) >= 11 is 0. The van der Waals surface area contributed by atoms with Crippen LogP contribution in [0, 0.1) is 0 Å². The zero-order valence-electron chi connectivity index (χ0n) is 9.94.